The van der Waals surface area contributed by atoms with E-state index in [0.29, 0.717) is 0 Å². The van der Waals surface area contributed by atoms with Crippen LogP contribution >= 0.6 is 0 Å². The number of hydrogen-bond donors (Lipinski definition) is 0. The second kappa shape index (κ2) is 3.37. The Morgan fingerprint density at radius 3 is 3.00 bits per heavy atom. The van der Waals surface area contributed by atoms with Gasteiger partial charge in [0.2, 0.25) is 0 Å². The van der Waals surface area contributed by atoms with Crippen molar-refractivity contribution >= 4 is 5.78 Å². The molecule has 2 nitrogen and oxygen atoms in total. The summed E-state index contributed by atoms with van der Waals surface area (Å²) in [5.74, 6) is 0.174. The first kappa shape index (κ1) is 8.05. The summed E-state index contributed by atoms with van der Waals surface area (Å²) in [4.78, 5) is 12.9. The molecule has 0 saturated heterocycles. The third-order valence-corrected chi connectivity index (χ3v) is 1.77. The molecule has 0 aromatic rings. The van der Waals surface area contributed by atoms with Gasteiger partial charge in [0.1, 0.15) is 0 Å². The monoisotopic (exact) mass is 151 g/mol. The number of hydrogen-bond acceptors (Lipinski definition) is 2. The maximum atomic E-state index is 10.9. The van der Waals surface area contributed by atoms with Gasteiger partial charge in [-0.25, -0.2) is 0 Å². The van der Waals surface area contributed by atoms with Gasteiger partial charge in [0.25, 0.3) is 0 Å². The zero-order valence-corrected chi connectivity index (χ0v) is 7.00. The molecule has 2 heteroatoms. The van der Waals surface area contributed by atoms with E-state index in [-0.39, 0.29) is 5.78 Å². The van der Waals surface area contributed by atoms with Crippen molar-refractivity contribution in [1.82, 2.24) is 4.90 Å². The van der Waals surface area contributed by atoms with Crippen molar-refractivity contribution in [1.29, 1.82) is 0 Å². The Labute approximate surface area is 67.2 Å². The fraction of sp³-hybridized carbons (Fsp3) is 0.444. The second-order valence-electron chi connectivity index (χ2n) is 2.63. The van der Waals surface area contributed by atoms with Crippen molar-refractivity contribution < 1.29 is 4.79 Å². The van der Waals surface area contributed by atoms with Gasteiger partial charge in [0.15, 0.2) is 5.78 Å². The average Bonchev–Trinajstić information content (AvgIpc) is 2.05. The summed E-state index contributed by atoms with van der Waals surface area (Å²) in [6, 6.07) is 0. The number of allylic oxidation sites excluding steroid dienone is 2. The lowest BCUT2D eigenvalue weighted by molar-refractivity contribution is -0.113. The lowest BCUT2D eigenvalue weighted by atomic mass is 10.1. The molecule has 0 unspecified atom stereocenters. The van der Waals surface area contributed by atoms with Gasteiger partial charge in [-0.3, -0.25) is 4.79 Å². The number of ketones is 1. The standard InChI is InChI=1S/C9H13NO/c1-3-10-6-4-5-9(7-10)8(2)11/h4,6-7H,3,5H2,1-2H3. The molecule has 11 heavy (non-hydrogen) atoms. The molecule has 60 valence electrons. The molecule has 0 fully saturated rings. The van der Waals surface area contributed by atoms with Gasteiger partial charge in [-0.2, -0.15) is 0 Å². The van der Waals surface area contributed by atoms with Gasteiger partial charge in [-0.05, 0) is 26.5 Å². The van der Waals surface area contributed by atoms with Gasteiger partial charge < -0.3 is 4.90 Å². The van der Waals surface area contributed by atoms with Crippen LogP contribution in [0.1, 0.15) is 20.3 Å². The first-order valence-corrected chi connectivity index (χ1v) is 3.88. The van der Waals surface area contributed by atoms with Crippen molar-refractivity contribution in [2.45, 2.75) is 20.3 Å². The summed E-state index contributed by atoms with van der Waals surface area (Å²) >= 11 is 0. The Kier molecular flexibility index (Phi) is 2.47. The molecule has 0 spiro atoms. The minimum atomic E-state index is 0.174. The van der Waals surface area contributed by atoms with Crippen molar-refractivity contribution in [2.75, 3.05) is 6.54 Å². The first-order chi connectivity index (χ1) is 5.24. The molecule has 0 amide bonds. The van der Waals surface area contributed by atoms with Crippen LogP contribution in [0.25, 0.3) is 0 Å². The SMILES string of the molecule is CCN1C=CCC(C(C)=O)=C1. The molecule has 1 aliphatic heterocycles. The van der Waals surface area contributed by atoms with E-state index in [1.54, 1.807) is 6.92 Å². The van der Waals surface area contributed by atoms with Crippen LogP contribution in [0.3, 0.4) is 0 Å². The van der Waals surface area contributed by atoms with Crippen LogP contribution in [0.15, 0.2) is 24.0 Å². The van der Waals surface area contributed by atoms with Gasteiger partial charge >= 0.3 is 0 Å². The lowest BCUT2D eigenvalue weighted by Crippen LogP contribution is -2.14. The van der Waals surface area contributed by atoms with Crippen molar-refractivity contribution in [2.24, 2.45) is 0 Å². The molecule has 1 rings (SSSR count). The van der Waals surface area contributed by atoms with Crippen LogP contribution < -0.4 is 0 Å². The van der Waals surface area contributed by atoms with Crippen molar-refractivity contribution in [3.63, 3.8) is 0 Å². The van der Waals surface area contributed by atoms with E-state index in [1.165, 1.54) is 0 Å². The predicted octanol–water partition coefficient (Wildman–Crippen LogP) is 1.70. The maximum absolute atomic E-state index is 10.9. The fourth-order valence-electron chi connectivity index (χ4n) is 1.04. The van der Waals surface area contributed by atoms with Crippen LogP contribution in [0, 0.1) is 0 Å². The van der Waals surface area contributed by atoms with Crippen LogP contribution in [0.5, 0.6) is 0 Å². The minimum absolute atomic E-state index is 0.174. The highest BCUT2D eigenvalue weighted by Crippen LogP contribution is 2.11. The molecular weight excluding hydrogens is 138 g/mol. The normalized spacial score (nSPS) is 16.5. The Bertz CT molecular complexity index is 216. The summed E-state index contributed by atoms with van der Waals surface area (Å²) < 4.78 is 0. The van der Waals surface area contributed by atoms with Crippen LogP contribution in [-0.4, -0.2) is 17.2 Å². The second-order valence-corrected chi connectivity index (χ2v) is 2.63. The Hall–Kier alpha value is -1.05. The Morgan fingerprint density at radius 1 is 1.73 bits per heavy atom. The minimum Gasteiger partial charge on any atom is -0.354 e. The molecule has 0 aromatic carbocycles. The molecular formula is C9H13NO. The van der Waals surface area contributed by atoms with E-state index in [2.05, 4.69) is 6.92 Å². The van der Waals surface area contributed by atoms with Gasteiger partial charge in [-0.1, -0.05) is 6.08 Å². The van der Waals surface area contributed by atoms with E-state index < -0.39 is 0 Å². The zero-order valence-electron chi connectivity index (χ0n) is 7.00. The highest BCUT2D eigenvalue weighted by atomic mass is 16.1. The Morgan fingerprint density at radius 2 is 2.45 bits per heavy atom. The highest BCUT2D eigenvalue weighted by Gasteiger charge is 2.06. The largest absolute Gasteiger partial charge is 0.354 e. The van der Waals surface area contributed by atoms with Crippen molar-refractivity contribution in [3.05, 3.63) is 24.0 Å². The number of rotatable bonds is 2. The number of carbonyl (C=O) groups excluding carboxylic acids is 1. The highest BCUT2D eigenvalue weighted by molar-refractivity contribution is 5.93. The average molecular weight is 151 g/mol. The van der Waals surface area contributed by atoms with E-state index in [9.17, 15) is 4.79 Å². The van der Waals surface area contributed by atoms with Crippen LogP contribution in [0.4, 0.5) is 0 Å². The number of Topliss-reactive ketones (excluding diaryl/α,β-unsaturated/α-hetero) is 1. The molecule has 0 saturated carbocycles. The summed E-state index contributed by atoms with van der Waals surface area (Å²) in [7, 11) is 0. The Balaban J connectivity index is 2.69. The smallest absolute Gasteiger partial charge is 0.157 e. The van der Waals surface area contributed by atoms with Crippen LogP contribution in [-0.2, 0) is 4.79 Å². The molecule has 1 aliphatic rings. The molecule has 0 radical (unpaired) electrons. The molecule has 0 atom stereocenters. The summed E-state index contributed by atoms with van der Waals surface area (Å²) in [5, 5.41) is 0. The zero-order chi connectivity index (χ0) is 8.27. The molecule has 1 heterocycles. The summed E-state index contributed by atoms with van der Waals surface area (Å²) in [6.45, 7) is 4.59. The van der Waals surface area contributed by atoms with Gasteiger partial charge in [0.05, 0.1) is 0 Å². The van der Waals surface area contributed by atoms with Gasteiger partial charge in [0, 0.05) is 18.3 Å². The van der Waals surface area contributed by atoms with Crippen molar-refractivity contribution in [3.8, 4) is 0 Å². The van der Waals surface area contributed by atoms with E-state index >= 15 is 0 Å². The fourth-order valence-corrected chi connectivity index (χ4v) is 1.04. The molecule has 0 N–H and O–H groups in total. The summed E-state index contributed by atoms with van der Waals surface area (Å²) in [5.41, 5.74) is 0.898. The number of carbonyl (C=O) groups is 1. The number of nitrogens with zero attached hydrogens (tertiary/aromatic N) is 1. The van der Waals surface area contributed by atoms with E-state index in [1.807, 2.05) is 23.4 Å². The van der Waals surface area contributed by atoms with Gasteiger partial charge in [-0.15, -0.1) is 0 Å². The lowest BCUT2D eigenvalue weighted by Gasteiger charge is -2.17. The predicted molar refractivity (Wildman–Crippen MR) is 44.9 cm³/mol. The van der Waals surface area contributed by atoms with E-state index in [4.69, 9.17) is 0 Å². The third kappa shape index (κ3) is 1.93. The van der Waals surface area contributed by atoms with E-state index in [0.717, 1.165) is 18.5 Å². The first-order valence-electron chi connectivity index (χ1n) is 3.88. The summed E-state index contributed by atoms with van der Waals surface area (Å²) in [6.07, 6.45) is 6.72. The maximum Gasteiger partial charge on any atom is 0.157 e. The topological polar surface area (TPSA) is 20.3 Å². The molecule has 0 aliphatic carbocycles. The molecule has 0 bridgehead atoms. The third-order valence-electron chi connectivity index (χ3n) is 1.77. The molecule has 0 aromatic heterocycles. The quantitative estimate of drug-likeness (QED) is 0.598. The van der Waals surface area contributed by atoms with Crippen LogP contribution in [0.2, 0.25) is 0 Å².